The summed E-state index contributed by atoms with van der Waals surface area (Å²) in [5.41, 5.74) is -0.723. The number of hydrogen-bond acceptors (Lipinski definition) is 2. The second-order valence-electron chi connectivity index (χ2n) is 4.75. The van der Waals surface area contributed by atoms with E-state index in [2.05, 4.69) is 6.92 Å². The quantitative estimate of drug-likeness (QED) is 0.630. The maximum Gasteiger partial charge on any atom is 0.0644 e. The van der Waals surface area contributed by atoms with E-state index in [0.717, 1.165) is 19.3 Å². The zero-order chi connectivity index (χ0) is 9.35. The average molecular weight is 172 g/mol. The lowest BCUT2D eigenvalue weighted by Crippen LogP contribution is -2.42. The first-order valence-electron chi connectivity index (χ1n) is 4.81. The minimum atomic E-state index is -0.723. The SMILES string of the molecule is C[C@H]1CC[C@@H](C(C)(C)O)[C@@H](O)C1. The van der Waals surface area contributed by atoms with Gasteiger partial charge in [0.05, 0.1) is 11.7 Å². The van der Waals surface area contributed by atoms with Crippen LogP contribution in [0.3, 0.4) is 0 Å². The highest BCUT2D eigenvalue weighted by Gasteiger charge is 2.36. The fraction of sp³-hybridized carbons (Fsp3) is 1.00. The number of rotatable bonds is 1. The van der Waals surface area contributed by atoms with Gasteiger partial charge in [-0.3, -0.25) is 0 Å². The van der Waals surface area contributed by atoms with Crippen LogP contribution < -0.4 is 0 Å². The summed E-state index contributed by atoms with van der Waals surface area (Å²) in [6.45, 7) is 5.73. The summed E-state index contributed by atoms with van der Waals surface area (Å²) in [6, 6.07) is 0. The van der Waals surface area contributed by atoms with E-state index in [1.165, 1.54) is 0 Å². The first-order valence-corrected chi connectivity index (χ1v) is 4.81. The molecule has 0 aromatic carbocycles. The second-order valence-corrected chi connectivity index (χ2v) is 4.75. The lowest BCUT2D eigenvalue weighted by Gasteiger charge is -2.38. The van der Waals surface area contributed by atoms with Gasteiger partial charge in [0.15, 0.2) is 0 Å². The van der Waals surface area contributed by atoms with Gasteiger partial charge in [0.2, 0.25) is 0 Å². The van der Waals surface area contributed by atoms with Gasteiger partial charge in [-0.05, 0) is 32.6 Å². The van der Waals surface area contributed by atoms with Gasteiger partial charge in [0.25, 0.3) is 0 Å². The Labute approximate surface area is 74.6 Å². The average Bonchev–Trinajstić information content (AvgIpc) is 1.83. The van der Waals surface area contributed by atoms with Gasteiger partial charge >= 0.3 is 0 Å². The van der Waals surface area contributed by atoms with Crippen molar-refractivity contribution in [2.24, 2.45) is 11.8 Å². The lowest BCUT2D eigenvalue weighted by molar-refractivity contribution is -0.0730. The Morgan fingerprint density at radius 2 is 1.83 bits per heavy atom. The molecule has 0 aromatic rings. The highest BCUT2D eigenvalue weighted by molar-refractivity contribution is 4.87. The third-order valence-electron chi connectivity index (χ3n) is 2.99. The standard InChI is InChI=1S/C10H20O2/c1-7-4-5-8(9(11)6-7)10(2,3)12/h7-9,11-12H,4-6H2,1-3H3/t7-,8+,9-/m0/s1. The van der Waals surface area contributed by atoms with Gasteiger partial charge in [0.1, 0.15) is 0 Å². The van der Waals surface area contributed by atoms with Gasteiger partial charge in [-0.2, -0.15) is 0 Å². The molecule has 2 nitrogen and oxygen atoms in total. The van der Waals surface area contributed by atoms with Crippen molar-refractivity contribution in [3.05, 3.63) is 0 Å². The Morgan fingerprint density at radius 1 is 1.25 bits per heavy atom. The molecule has 0 heterocycles. The maximum absolute atomic E-state index is 9.74. The van der Waals surface area contributed by atoms with Gasteiger partial charge in [0, 0.05) is 5.92 Å². The predicted molar refractivity (Wildman–Crippen MR) is 48.8 cm³/mol. The van der Waals surface area contributed by atoms with Crippen LogP contribution in [0.25, 0.3) is 0 Å². The lowest BCUT2D eigenvalue weighted by atomic mass is 9.73. The molecular formula is C10H20O2. The first-order chi connectivity index (χ1) is 5.41. The predicted octanol–water partition coefficient (Wildman–Crippen LogP) is 1.55. The molecule has 2 N–H and O–H groups in total. The Hall–Kier alpha value is -0.0800. The Kier molecular flexibility index (Phi) is 2.79. The topological polar surface area (TPSA) is 40.5 Å². The Balaban J connectivity index is 2.57. The summed E-state index contributed by atoms with van der Waals surface area (Å²) in [6.07, 6.45) is 2.61. The van der Waals surface area contributed by atoms with Crippen LogP contribution in [0.15, 0.2) is 0 Å². The molecule has 0 aliphatic heterocycles. The highest BCUT2D eigenvalue weighted by Crippen LogP contribution is 2.35. The number of aliphatic hydroxyl groups is 2. The largest absolute Gasteiger partial charge is 0.393 e. The molecule has 1 fully saturated rings. The monoisotopic (exact) mass is 172 g/mol. The minimum absolute atomic E-state index is 0.0636. The minimum Gasteiger partial charge on any atom is -0.393 e. The molecule has 0 spiro atoms. The molecule has 0 radical (unpaired) electrons. The number of hydrogen-bond donors (Lipinski definition) is 2. The first kappa shape index (κ1) is 10.0. The second kappa shape index (κ2) is 3.35. The van der Waals surface area contributed by atoms with Crippen molar-refractivity contribution in [1.29, 1.82) is 0 Å². The van der Waals surface area contributed by atoms with E-state index in [1.807, 2.05) is 0 Å². The smallest absolute Gasteiger partial charge is 0.0644 e. The normalized spacial score (nSPS) is 38.2. The number of aliphatic hydroxyl groups excluding tert-OH is 1. The van der Waals surface area contributed by atoms with E-state index in [1.54, 1.807) is 13.8 Å². The molecule has 12 heavy (non-hydrogen) atoms. The van der Waals surface area contributed by atoms with E-state index in [4.69, 9.17) is 0 Å². The van der Waals surface area contributed by atoms with E-state index in [-0.39, 0.29) is 12.0 Å². The molecule has 72 valence electrons. The van der Waals surface area contributed by atoms with Crippen molar-refractivity contribution in [2.45, 2.75) is 51.7 Å². The van der Waals surface area contributed by atoms with Crippen molar-refractivity contribution in [3.63, 3.8) is 0 Å². The van der Waals surface area contributed by atoms with Crippen LogP contribution in [0.2, 0.25) is 0 Å². The summed E-state index contributed by atoms with van der Waals surface area (Å²) in [7, 11) is 0. The molecule has 0 unspecified atom stereocenters. The molecular weight excluding hydrogens is 152 g/mol. The summed E-state index contributed by atoms with van der Waals surface area (Å²) in [4.78, 5) is 0. The summed E-state index contributed by atoms with van der Waals surface area (Å²) in [5, 5.41) is 19.5. The third-order valence-corrected chi connectivity index (χ3v) is 2.99. The fourth-order valence-electron chi connectivity index (χ4n) is 2.17. The van der Waals surface area contributed by atoms with Crippen molar-refractivity contribution in [3.8, 4) is 0 Å². The van der Waals surface area contributed by atoms with Crippen molar-refractivity contribution < 1.29 is 10.2 Å². The van der Waals surface area contributed by atoms with Gasteiger partial charge < -0.3 is 10.2 Å². The van der Waals surface area contributed by atoms with E-state index >= 15 is 0 Å². The summed E-state index contributed by atoms with van der Waals surface area (Å²) >= 11 is 0. The Morgan fingerprint density at radius 3 is 2.25 bits per heavy atom. The summed E-state index contributed by atoms with van der Waals surface area (Å²) < 4.78 is 0. The summed E-state index contributed by atoms with van der Waals surface area (Å²) in [5.74, 6) is 0.673. The van der Waals surface area contributed by atoms with Gasteiger partial charge in [-0.1, -0.05) is 13.3 Å². The van der Waals surface area contributed by atoms with Crippen LogP contribution in [0.1, 0.15) is 40.0 Å². The zero-order valence-corrected chi connectivity index (χ0v) is 8.25. The Bertz CT molecular complexity index is 148. The maximum atomic E-state index is 9.74. The van der Waals surface area contributed by atoms with Crippen LogP contribution in [0.4, 0.5) is 0 Å². The molecule has 1 aliphatic rings. The molecule has 0 saturated heterocycles. The molecule has 3 atom stereocenters. The molecule has 2 heteroatoms. The van der Waals surface area contributed by atoms with Crippen LogP contribution in [0.5, 0.6) is 0 Å². The van der Waals surface area contributed by atoms with Crippen molar-refractivity contribution in [1.82, 2.24) is 0 Å². The fourth-order valence-corrected chi connectivity index (χ4v) is 2.17. The van der Waals surface area contributed by atoms with Gasteiger partial charge in [-0.25, -0.2) is 0 Å². The van der Waals surface area contributed by atoms with E-state index < -0.39 is 5.60 Å². The molecule has 1 saturated carbocycles. The van der Waals surface area contributed by atoms with Crippen LogP contribution in [-0.2, 0) is 0 Å². The zero-order valence-electron chi connectivity index (χ0n) is 8.25. The van der Waals surface area contributed by atoms with Crippen LogP contribution >= 0.6 is 0 Å². The van der Waals surface area contributed by atoms with Gasteiger partial charge in [-0.15, -0.1) is 0 Å². The highest BCUT2D eigenvalue weighted by atomic mass is 16.3. The van der Waals surface area contributed by atoms with Crippen LogP contribution in [-0.4, -0.2) is 21.9 Å². The molecule has 0 amide bonds. The molecule has 1 rings (SSSR count). The third kappa shape index (κ3) is 2.20. The molecule has 1 aliphatic carbocycles. The van der Waals surface area contributed by atoms with E-state index in [0.29, 0.717) is 5.92 Å². The van der Waals surface area contributed by atoms with Crippen molar-refractivity contribution in [2.75, 3.05) is 0 Å². The van der Waals surface area contributed by atoms with E-state index in [9.17, 15) is 10.2 Å². The van der Waals surface area contributed by atoms with Crippen molar-refractivity contribution >= 4 is 0 Å². The molecule has 0 aromatic heterocycles. The van der Waals surface area contributed by atoms with Crippen LogP contribution in [0, 0.1) is 11.8 Å². The molecule has 0 bridgehead atoms.